The fraction of sp³-hybridized carbons (Fsp3) is 0.733. The molecule has 128 valence electrons. The summed E-state index contributed by atoms with van der Waals surface area (Å²) >= 11 is 6.08. The maximum absolute atomic E-state index is 9.04. The molecule has 0 radical (unpaired) electrons. The van der Waals surface area contributed by atoms with Crippen molar-refractivity contribution in [1.29, 1.82) is 0 Å². The molecule has 0 atom stereocenters. The molecule has 0 unspecified atom stereocenters. The summed E-state index contributed by atoms with van der Waals surface area (Å²) in [4.78, 5) is 8.65. The molecule has 1 aliphatic carbocycles. The van der Waals surface area contributed by atoms with Crippen LogP contribution in [0.5, 0.6) is 0 Å². The number of ether oxygens (including phenoxy) is 2. The van der Waals surface area contributed by atoms with Gasteiger partial charge < -0.3 is 25.2 Å². The van der Waals surface area contributed by atoms with Gasteiger partial charge in [0.1, 0.15) is 11.0 Å². The van der Waals surface area contributed by atoms with Gasteiger partial charge in [-0.05, 0) is 12.8 Å². The van der Waals surface area contributed by atoms with E-state index in [1.807, 2.05) is 0 Å². The van der Waals surface area contributed by atoms with Crippen molar-refractivity contribution >= 4 is 23.4 Å². The SMILES string of the molecule is OCCOC1(CNc2cc(Cl)nc(NC3CC3)n2)CCOCC1. The minimum Gasteiger partial charge on any atom is -0.394 e. The quantitative estimate of drug-likeness (QED) is 0.619. The standard InChI is InChI=1S/C15H23ClN4O3/c16-12-9-13(20-14(19-12)18-11-1-2-11)17-10-15(23-8-5-21)3-6-22-7-4-15/h9,11,21H,1-8,10H2,(H2,17,18,19,20). The average Bonchev–Trinajstić information content (AvgIpc) is 3.36. The van der Waals surface area contributed by atoms with Gasteiger partial charge in [-0.3, -0.25) is 0 Å². The fourth-order valence-corrected chi connectivity index (χ4v) is 2.80. The van der Waals surface area contributed by atoms with Crippen LogP contribution in [0, 0.1) is 0 Å². The van der Waals surface area contributed by atoms with Crippen LogP contribution in [0.25, 0.3) is 0 Å². The molecular weight excluding hydrogens is 320 g/mol. The zero-order valence-electron chi connectivity index (χ0n) is 13.1. The summed E-state index contributed by atoms with van der Waals surface area (Å²) in [6.45, 7) is 2.24. The first kappa shape index (κ1) is 16.7. The maximum atomic E-state index is 9.04. The van der Waals surface area contributed by atoms with Crippen molar-refractivity contribution in [1.82, 2.24) is 9.97 Å². The smallest absolute Gasteiger partial charge is 0.226 e. The van der Waals surface area contributed by atoms with Gasteiger partial charge in [0.15, 0.2) is 0 Å². The minimum absolute atomic E-state index is 0.0113. The van der Waals surface area contributed by atoms with E-state index >= 15 is 0 Å². The molecule has 1 saturated heterocycles. The number of aliphatic hydroxyl groups excluding tert-OH is 1. The number of hydrogen-bond acceptors (Lipinski definition) is 7. The molecular formula is C15H23ClN4O3. The number of rotatable bonds is 8. The highest BCUT2D eigenvalue weighted by atomic mass is 35.5. The van der Waals surface area contributed by atoms with Crippen LogP contribution in [0.1, 0.15) is 25.7 Å². The molecule has 2 aliphatic rings. The second-order valence-corrected chi connectivity index (χ2v) is 6.43. The highest BCUT2D eigenvalue weighted by Gasteiger charge is 2.33. The summed E-state index contributed by atoms with van der Waals surface area (Å²) < 4.78 is 11.3. The van der Waals surface area contributed by atoms with Crippen LogP contribution < -0.4 is 10.6 Å². The summed E-state index contributed by atoms with van der Waals surface area (Å²) in [5.74, 6) is 1.23. The Morgan fingerprint density at radius 1 is 1.35 bits per heavy atom. The van der Waals surface area contributed by atoms with Crippen LogP contribution >= 0.6 is 11.6 Å². The van der Waals surface area contributed by atoms with E-state index in [2.05, 4.69) is 20.6 Å². The molecule has 0 amide bonds. The van der Waals surface area contributed by atoms with Gasteiger partial charge in [-0.2, -0.15) is 4.98 Å². The zero-order chi connectivity index (χ0) is 16.1. The molecule has 8 heteroatoms. The van der Waals surface area contributed by atoms with Gasteiger partial charge in [-0.1, -0.05) is 11.6 Å². The van der Waals surface area contributed by atoms with Gasteiger partial charge in [0.2, 0.25) is 5.95 Å². The van der Waals surface area contributed by atoms with Crippen molar-refractivity contribution < 1.29 is 14.6 Å². The van der Waals surface area contributed by atoms with E-state index in [4.69, 9.17) is 26.2 Å². The van der Waals surface area contributed by atoms with E-state index < -0.39 is 0 Å². The van der Waals surface area contributed by atoms with Crippen LogP contribution in [0.2, 0.25) is 5.15 Å². The Labute approximate surface area is 140 Å². The zero-order valence-corrected chi connectivity index (χ0v) is 13.8. The lowest BCUT2D eigenvalue weighted by atomic mass is 9.94. The number of anilines is 2. The van der Waals surface area contributed by atoms with Crippen LogP contribution in [0.4, 0.5) is 11.8 Å². The molecule has 2 heterocycles. The van der Waals surface area contributed by atoms with E-state index in [1.165, 1.54) is 0 Å². The third-order valence-corrected chi connectivity index (χ3v) is 4.29. The number of nitrogens with one attached hydrogen (secondary N) is 2. The Bertz CT molecular complexity index is 521. The summed E-state index contributed by atoms with van der Waals surface area (Å²) in [5.41, 5.74) is -0.345. The van der Waals surface area contributed by atoms with E-state index in [-0.39, 0.29) is 12.2 Å². The van der Waals surface area contributed by atoms with E-state index in [0.29, 0.717) is 49.3 Å². The molecule has 7 nitrogen and oxygen atoms in total. The van der Waals surface area contributed by atoms with Crippen LogP contribution in [-0.4, -0.2) is 59.7 Å². The largest absolute Gasteiger partial charge is 0.394 e. The van der Waals surface area contributed by atoms with Gasteiger partial charge in [0, 0.05) is 44.7 Å². The first-order chi connectivity index (χ1) is 11.2. The monoisotopic (exact) mass is 342 g/mol. The number of aromatic nitrogens is 2. The molecule has 3 rings (SSSR count). The second-order valence-electron chi connectivity index (χ2n) is 6.04. The maximum Gasteiger partial charge on any atom is 0.226 e. The number of halogens is 1. The van der Waals surface area contributed by atoms with Crippen molar-refractivity contribution in [2.45, 2.75) is 37.3 Å². The summed E-state index contributed by atoms with van der Waals surface area (Å²) in [6, 6.07) is 2.18. The predicted octanol–water partition coefficient (Wildman–Crippen LogP) is 1.67. The normalized spacial score (nSPS) is 20.3. The molecule has 1 saturated carbocycles. The molecule has 1 aromatic heterocycles. The minimum atomic E-state index is -0.345. The van der Waals surface area contributed by atoms with Crippen molar-refractivity contribution in [2.24, 2.45) is 0 Å². The van der Waals surface area contributed by atoms with Gasteiger partial charge in [0.25, 0.3) is 0 Å². The fourth-order valence-electron chi connectivity index (χ4n) is 2.61. The highest BCUT2D eigenvalue weighted by molar-refractivity contribution is 6.29. The lowest BCUT2D eigenvalue weighted by molar-refractivity contribution is -0.109. The van der Waals surface area contributed by atoms with Gasteiger partial charge in [0.05, 0.1) is 18.8 Å². The van der Waals surface area contributed by atoms with E-state index in [1.54, 1.807) is 6.07 Å². The summed E-state index contributed by atoms with van der Waals surface area (Å²) in [6.07, 6.45) is 3.87. The molecule has 0 bridgehead atoms. The predicted molar refractivity (Wildman–Crippen MR) is 88.0 cm³/mol. The van der Waals surface area contributed by atoms with Crippen LogP contribution in [0.3, 0.4) is 0 Å². The number of hydrogen-bond donors (Lipinski definition) is 3. The Hall–Kier alpha value is -1.15. The third-order valence-electron chi connectivity index (χ3n) is 4.10. The number of nitrogens with zero attached hydrogens (tertiary/aromatic N) is 2. The molecule has 3 N–H and O–H groups in total. The molecule has 2 fully saturated rings. The molecule has 0 spiro atoms. The van der Waals surface area contributed by atoms with Gasteiger partial charge in [-0.25, -0.2) is 4.98 Å². The Morgan fingerprint density at radius 3 is 2.83 bits per heavy atom. The van der Waals surface area contributed by atoms with Crippen molar-refractivity contribution in [2.75, 3.05) is 43.6 Å². The number of aliphatic hydroxyl groups is 1. The lowest BCUT2D eigenvalue weighted by Crippen LogP contribution is -2.45. The highest BCUT2D eigenvalue weighted by Crippen LogP contribution is 2.27. The van der Waals surface area contributed by atoms with Gasteiger partial charge >= 0.3 is 0 Å². The second kappa shape index (κ2) is 7.61. The van der Waals surface area contributed by atoms with E-state index in [0.717, 1.165) is 25.7 Å². The Morgan fingerprint density at radius 2 is 2.13 bits per heavy atom. The van der Waals surface area contributed by atoms with Crippen LogP contribution in [0.15, 0.2) is 6.07 Å². The topological polar surface area (TPSA) is 88.5 Å². The summed E-state index contributed by atoms with van der Waals surface area (Å²) in [7, 11) is 0. The van der Waals surface area contributed by atoms with E-state index in [9.17, 15) is 0 Å². The first-order valence-electron chi connectivity index (χ1n) is 8.07. The van der Waals surface area contributed by atoms with Crippen molar-refractivity contribution in [3.63, 3.8) is 0 Å². The Balaban J connectivity index is 1.63. The van der Waals surface area contributed by atoms with Crippen molar-refractivity contribution in [3.8, 4) is 0 Å². The molecule has 23 heavy (non-hydrogen) atoms. The third kappa shape index (κ3) is 4.91. The average molecular weight is 343 g/mol. The Kier molecular flexibility index (Phi) is 5.53. The summed E-state index contributed by atoms with van der Waals surface area (Å²) in [5, 5.41) is 16.0. The van der Waals surface area contributed by atoms with Gasteiger partial charge in [-0.15, -0.1) is 0 Å². The molecule has 0 aromatic carbocycles. The molecule has 1 aliphatic heterocycles. The van der Waals surface area contributed by atoms with Crippen molar-refractivity contribution in [3.05, 3.63) is 11.2 Å². The lowest BCUT2D eigenvalue weighted by Gasteiger charge is -2.37. The first-order valence-corrected chi connectivity index (χ1v) is 8.44. The van der Waals surface area contributed by atoms with Crippen LogP contribution in [-0.2, 0) is 9.47 Å². The molecule has 1 aromatic rings.